The molecule has 0 bridgehead atoms. The molecular weight excluding hydrogens is 402 g/mol. The third-order valence-electron chi connectivity index (χ3n) is 5.77. The van der Waals surface area contributed by atoms with E-state index in [9.17, 15) is 14.4 Å². The summed E-state index contributed by atoms with van der Waals surface area (Å²) in [5.41, 5.74) is 1.16. The highest BCUT2D eigenvalue weighted by Crippen LogP contribution is 2.23. The van der Waals surface area contributed by atoms with Gasteiger partial charge in [-0.25, -0.2) is 0 Å². The summed E-state index contributed by atoms with van der Waals surface area (Å²) in [5.74, 6) is -0.195. The lowest BCUT2D eigenvalue weighted by atomic mass is 10.1. The van der Waals surface area contributed by atoms with Gasteiger partial charge in [-0.3, -0.25) is 14.4 Å². The topological polar surface area (TPSA) is 60.9 Å². The summed E-state index contributed by atoms with van der Waals surface area (Å²) in [5, 5.41) is 0.527. The zero-order chi connectivity index (χ0) is 21.1. The van der Waals surface area contributed by atoms with Gasteiger partial charge in [0.05, 0.1) is 0 Å². The predicted molar refractivity (Wildman–Crippen MR) is 114 cm³/mol. The number of hydrogen-bond acceptors (Lipinski definition) is 3. The second-order valence-corrected chi connectivity index (χ2v) is 8.09. The Morgan fingerprint density at radius 1 is 0.767 bits per heavy atom. The van der Waals surface area contributed by atoms with Gasteiger partial charge in [0.25, 0.3) is 11.8 Å². The Kier molecular flexibility index (Phi) is 6.04. The summed E-state index contributed by atoms with van der Waals surface area (Å²) in [6.07, 6.45) is 1.50. The summed E-state index contributed by atoms with van der Waals surface area (Å²) < 4.78 is 0. The number of piperazine rings is 1. The molecule has 2 aromatic rings. The zero-order valence-electron chi connectivity index (χ0n) is 16.7. The average molecular weight is 426 g/mol. The van der Waals surface area contributed by atoms with Crippen LogP contribution in [0.25, 0.3) is 0 Å². The van der Waals surface area contributed by atoms with Gasteiger partial charge in [0.2, 0.25) is 5.91 Å². The van der Waals surface area contributed by atoms with Crippen molar-refractivity contribution in [1.82, 2.24) is 14.7 Å². The molecule has 2 heterocycles. The average Bonchev–Trinajstić information content (AvgIpc) is 3.28. The quantitative estimate of drug-likeness (QED) is 0.759. The molecule has 7 heteroatoms. The van der Waals surface area contributed by atoms with Crippen molar-refractivity contribution < 1.29 is 14.4 Å². The number of nitrogens with zero attached hydrogens (tertiary/aromatic N) is 3. The zero-order valence-corrected chi connectivity index (χ0v) is 17.4. The predicted octanol–water partition coefficient (Wildman–Crippen LogP) is 2.93. The maximum Gasteiger partial charge on any atom is 0.254 e. The molecule has 0 saturated carbocycles. The van der Waals surface area contributed by atoms with E-state index in [0.717, 1.165) is 6.42 Å². The largest absolute Gasteiger partial charge is 0.337 e. The molecule has 0 aliphatic carbocycles. The van der Waals surface area contributed by atoms with Crippen molar-refractivity contribution in [1.29, 1.82) is 0 Å². The minimum Gasteiger partial charge on any atom is -0.337 e. The Bertz CT molecular complexity index is 942. The first-order valence-corrected chi connectivity index (χ1v) is 10.6. The van der Waals surface area contributed by atoms with E-state index in [4.69, 9.17) is 11.6 Å². The molecule has 6 nitrogen and oxygen atoms in total. The maximum atomic E-state index is 13.1. The number of rotatable bonds is 3. The van der Waals surface area contributed by atoms with Gasteiger partial charge in [0.15, 0.2) is 0 Å². The molecule has 3 amide bonds. The fourth-order valence-corrected chi connectivity index (χ4v) is 4.35. The monoisotopic (exact) mass is 425 g/mol. The van der Waals surface area contributed by atoms with E-state index >= 15 is 0 Å². The van der Waals surface area contributed by atoms with E-state index in [1.54, 1.807) is 51.1 Å². The van der Waals surface area contributed by atoms with E-state index in [0.29, 0.717) is 55.3 Å². The van der Waals surface area contributed by atoms with E-state index in [2.05, 4.69) is 0 Å². The summed E-state index contributed by atoms with van der Waals surface area (Å²) in [6, 6.07) is 15.6. The fraction of sp³-hybridized carbons (Fsp3) is 0.348. The highest BCUT2D eigenvalue weighted by molar-refractivity contribution is 6.30. The highest BCUT2D eigenvalue weighted by atomic mass is 35.5. The van der Waals surface area contributed by atoms with Gasteiger partial charge in [-0.2, -0.15) is 0 Å². The van der Waals surface area contributed by atoms with Gasteiger partial charge in [-0.15, -0.1) is 0 Å². The molecule has 2 fully saturated rings. The van der Waals surface area contributed by atoms with Gasteiger partial charge in [0, 0.05) is 48.9 Å². The summed E-state index contributed by atoms with van der Waals surface area (Å²) in [6.45, 7) is 2.47. The Morgan fingerprint density at radius 2 is 1.43 bits per heavy atom. The van der Waals surface area contributed by atoms with Crippen LogP contribution in [0.5, 0.6) is 0 Å². The van der Waals surface area contributed by atoms with Crippen LogP contribution in [-0.4, -0.2) is 71.2 Å². The van der Waals surface area contributed by atoms with Crippen molar-refractivity contribution in [2.45, 2.75) is 18.9 Å². The van der Waals surface area contributed by atoms with E-state index < -0.39 is 6.04 Å². The van der Waals surface area contributed by atoms with Gasteiger partial charge >= 0.3 is 0 Å². The van der Waals surface area contributed by atoms with Crippen LogP contribution in [-0.2, 0) is 4.79 Å². The third kappa shape index (κ3) is 4.19. The molecule has 0 radical (unpaired) electrons. The Morgan fingerprint density at radius 3 is 2.13 bits per heavy atom. The normalized spacial score (nSPS) is 19.1. The summed E-state index contributed by atoms with van der Waals surface area (Å²) in [7, 11) is 0. The number of amides is 3. The SMILES string of the molecule is O=C(c1cccc(Cl)c1)N1CCN(C(=O)C2CCCN2C(=O)c2ccccc2)CC1. The van der Waals surface area contributed by atoms with Crippen LogP contribution in [0.2, 0.25) is 5.02 Å². The molecule has 30 heavy (non-hydrogen) atoms. The second kappa shape index (κ2) is 8.88. The van der Waals surface area contributed by atoms with Crippen LogP contribution in [0.4, 0.5) is 0 Å². The number of hydrogen-bond donors (Lipinski definition) is 0. The standard InChI is InChI=1S/C23H24ClN3O3/c24-19-9-4-8-18(16-19)21(28)25-12-14-26(15-13-25)23(30)20-10-5-11-27(20)22(29)17-6-2-1-3-7-17/h1-4,6-9,16,20H,5,10-15H2. The summed E-state index contributed by atoms with van der Waals surface area (Å²) >= 11 is 5.99. The van der Waals surface area contributed by atoms with Crippen LogP contribution in [0, 0.1) is 0 Å². The van der Waals surface area contributed by atoms with Crippen molar-refractivity contribution in [2.24, 2.45) is 0 Å². The van der Waals surface area contributed by atoms with E-state index in [-0.39, 0.29) is 17.7 Å². The molecule has 2 aromatic carbocycles. The van der Waals surface area contributed by atoms with Crippen LogP contribution in [0.1, 0.15) is 33.6 Å². The summed E-state index contributed by atoms with van der Waals surface area (Å²) in [4.78, 5) is 43.9. The molecular formula is C23H24ClN3O3. The lowest BCUT2D eigenvalue weighted by Gasteiger charge is -2.37. The van der Waals surface area contributed by atoms with Gasteiger partial charge < -0.3 is 14.7 Å². The van der Waals surface area contributed by atoms with Crippen molar-refractivity contribution in [3.63, 3.8) is 0 Å². The van der Waals surface area contributed by atoms with Gasteiger partial charge in [-0.1, -0.05) is 35.9 Å². The van der Waals surface area contributed by atoms with Crippen LogP contribution >= 0.6 is 11.6 Å². The molecule has 0 spiro atoms. The molecule has 156 valence electrons. The smallest absolute Gasteiger partial charge is 0.254 e. The molecule has 0 aromatic heterocycles. The minimum atomic E-state index is -0.423. The van der Waals surface area contributed by atoms with Crippen molar-refractivity contribution in [3.05, 3.63) is 70.7 Å². The van der Waals surface area contributed by atoms with Crippen molar-refractivity contribution in [3.8, 4) is 0 Å². The second-order valence-electron chi connectivity index (χ2n) is 7.65. The van der Waals surface area contributed by atoms with Crippen LogP contribution in [0.3, 0.4) is 0 Å². The first kappa shape index (κ1) is 20.4. The number of likely N-dealkylation sites (tertiary alicyclic amines) is 1. The van der Waals surface area contributed by atoms with Crippen molar-refractivity contribution >= 4 is 29.3 Å². The fourth-order valence-electron chi connectivity index (χ4n) is 4.16. The van der Waals surface area contributed by atoms with E-state index in [1.807, 2.05) is 18.2 Å². The van der Waals surface area contributed by atoms with E-state index in [1.165, 1.54) is 0 Å². The number of carbonyl (C=O) groups is 3. The molecule has 2 saturated heterocycles. The lowest BCUT2D eigenvalue weighted by molar-refractivity contribution is -0.136. The minimum absolute atomic E-state index is 0.0216. The Labute approximate surface area is 181 Å². The highest BCUT2D eigenvalue weighted by Gasteiger charge is 2.38. The van der Waals surface area contributed by atoms with Crippen LogP contribution < -0.4 is 0 Å². The number of carbonyl (C=O) groups excluding carboxylic acids is 3. The first-order valence-electron chi connectivity index (χ1n) is 10.2. The molecule has 1 atom stereocenters. The Hall–Kier alpha value is -2.86. The van der Waals surface area contributed by atoms with Gasteiger partial charge in [-0.05, 0) is 43.2 Å². The maximum absolute atomic E-state index is 13.1. The van der Waals surface area contributed by atoms with Crippen LogP contribution in [0.15, 0.2) is 54.6 Å². The molecule has 1 unspecified atom stereocenters. The molecule has 0 N–H and O–H groups in total. The van der Waals surface area contributed by atoms with Gasteiger partial charge in [0.1, 0.15) is 6.04 Å². The van der Waals surface area contributed by atoms with Crippen molar-refractivity contribution in [2.75, 3.05) is 32.7 Å². The third-order valence-corrected chi connectivity index (χ3v) is 6.00. The number of benzene rings is 2. The Balaban J connectivity index is 1.38. The molecule has 4 rings (SSSR count). The lowest BCUT2D eigenvalue weighted by Crippen LogP contribution is -2.55. The first-order chi connectivity index (χ1) is 14.5. The molecule has 2 aliphatic heterocycles. The number of halogens is 1. The molecule has 2 aliphatic rings.